The first-order valence-electron chi connectivity index (χ1n) is 8.84. The summed E-state index contributed by atoms with van der Waals surface area (Å²) in [7, 11) is 0. The molecule has 0 fully saturated rings. The number of ether oxygens (including phenoxy) is 2. The molecular weight excluding hydrogens is 366 g/mol. The molecule has 0 unspecified atom stereocenters. The van der Waals surface area contributed by atoms with Gasteiger partial charge < -0.3 is 25.3 Å². The minimum atomic E-state index is -1.04. The number of fused-ring (bicyclic) bond motifs is 1. The lowest BCUT2D eigenvalue weighted by molar-refractivity contribution is 0.0696. The van der Waals surface area contributed by atoms with Gasteiger partial charge >= 0.3 is 17.7 Å². The van der Waals surface area contributed by atoms with Gasteiger partial charge in [0.2, 0.25) is 0 Å². The van der Waals surface area contributed by atoms with E-state index >= 15 is 0 Å². The number of nitrogens with one attached hydrogen (secondary N) is 1. The Hall–Kier alpha value is -3.56. The number of hydrogen-bond acceptors (Lipinski definition) is 7. The SMILES string of the molecule is CCCCOc1nc(N)c2[nH]c(=O)n(CCOc3cccc(C(=O)O)c3)c2n1. The van der Waals surface area contributed by atoms with Crippen LogP contribution in [0.5, 0.6) is 11.8 Å². The number of benzene rings is 1. The number of unbranched alkanes of at least 4 members (excludes halogenated alkanes) is 1. The summed E-state index contributed by atoms with van der Waals surface area (Å²) in [6.07, 6.45) is 1.82. The molecule has 0 aliphatic carbocycles. The Morgan fingerprint density at radius 2 is 2.11 bits per heavy atom. The third kappa shape index (κ3) is 4.22. The zero-order valence-electron chi connectivity index (χ0n) is 15.3. The van der Waals surface area contributed by atoms with Crippen molar-refractivity contribution in [3.8, 4) is 11.8 Å². The van der Waals surface area contributed by atoms with Crippen molar-refractivity contribution >= 4 is 23.0 Å². The summed E-state index contributed by atoms with van der Waals surface area (Å²) in [5, 5.41) is 9.03. The highest BCUT2D eigenvalue weighted by molar-refractivity contribution is 5.88. The molecule has 0 saturated heterocycles. The Bertz CT molecular complexity index is 1040. The lowest BCUT2D eigenvalue weighted by Crippen LogP contribution is -2.21. The van der Waals surface area contributed by atoms with E-state index in [-0.39, 0.29) is 30.5 Å². The van der Waals surface area contributed by atoms with Gasteiger partial charge in [-0.25, -0.2) is 9.59 Å². The topological polar surface area (TPSA) is 145 Å². The Morgan fingerprint density at radius 1 is 1.29 bits per heavy atom. The monoisotopic (exact) mass is 387 g/mol. The van der Waals surface area contributed by atoms with Gasteiger partial charge in [0.15, 0.2) is 11.5 Å². The number of aromatic carboxylic acids is 1. The van der Waals surface area contributed by atoms with E-state index in [1.54, 1.807) is 12.1 Å². The van der Waals surface area contributed by atoms with E-state index < -0.39 is 11.7 Å². The molecule has 10 heteroatoms. The van der Waals surface area contributed by atoms with Crippen molar-refractivity contribution in [3.63, 3.8) is 0 Å². The quantitative estimate of drug-likeness (QED) is 0.470. The first-order chi connectivity index (χ1) is 13.5. The molecule has 1 aromatic carbocycles. The van der Waals surface area contributed by atoms with E-state index in [9.17, 15) is 9.59 Å². The average Bonchev–Trinajstić information content (AvgIpc) is 2.99. The van der Waals surface area contributed by atoms with Crippen LogP contribution in [-0.4, -0.2) is 43.8 Å². The molecule has 148 valence electrons. The molecule has 28 heavy (non-hydrogen) atoms. The maximum absolute atomic E-state index is 12.3. The lowest BCUT2D eigenvalue weighted by atomic mass is 10.2. The minimum Gasteiger partial charge on any atom is -0.492 e. The average molecular weight is 387 g/mol. The number of carboxylic acids is 1. The fourth-order valence-electron chi connectivity index (χ4n) is 2.58. The molecule has 0 spiro atoms. The highest BCUT2D eigenvalue weighted by Crippen LogP contribution is 2.18. The van der Waals surface area contributed by atoms with Gasteiger partial charge in [0, 0.05) is 0 Å². The maximum Gasteiger partial charge on any atom is 0.335 e. The number of rotatable bonds is 9. The van der Waals surface area contributed by atoms with Gasteiger partial charge in [0.05, 0.1) is 18.7 Å². The number of nitrogens with two attached hydrogens (primary N) is 1. The summed E-state index contributed by atoms with van der Waals surface area (Å²) in [4.78, 5) is 34.2. The van der Waals surface area contributed by atoms with Crippen LogP contribution in [0.15, 0.2) is 29.1 Å². The summed E-state index contributed by atoms with van der Waals surface area (Å²) in [5.41, 5.74) is 6.29. The summed E-state index contributed by atoms with van der Waals surface area (Å²) in [5.74, 6) is -0.519. The molecule has 0 radical (unpaired) electrons. The molecule has 4 N–H and O–H groups in total. The number of aromatic nitrogens is 4. The van der Waals surface area contributed by atoms with Crippen LogP contribution in [-0.2, 0) is 6.54 Å². The molecule has 0 amide bonds. The molecule has 2 heterocycles. The molecule has 3 rings (SSSR count). The fourth-order valence-corrected chi connectivity index (χ4v) is 2.58. The normalized spacial score (nSPS) is 10.9. The number of anilines is 1. The molecule has 3 aromatic rings. The predicted molar refractivity (Wildman–Crippen MR) is 102 cm³/mol. The summed E-state index contributed by atoms with van der Waals surface area (Å²) in [6.45, 7) is 2.81. The first-order valence-corrected chi connectivity index (χ1v) is 8.84. The molecular formula is C18H21N5O5. The van der Waals surface area contributed by atoms with Crippen LogP contribution in [0.4, 0.5) is 5.82 Å². The van der Waals surface area contributed by atoms with Crippen LogP contribution in [0.1, 0.15) is 30.1 Å². The first kappa shape index (κ1) is 19.2. The maximum atomic E-state index is 12.3. The fraction of sp³-hybridized carbons (Fsp3) is 0.333. The van der Waals surface area contributed by atoms with Crippen LogP contribution in [0.3, 0.4) is 0 Å². The number of nitrogen functional groups attached to an aromatic ring is 1. The number of aromatic amines is 1. The van der Waals surface area contributed by atoms with Crippen molar-refractivity contribution in [2.24, 2.45) is 0 Å². The smallest absolute Gasteiger partial charge is 0.335 e. The van der Waals surface area contributed by atoms with Gasteiger partial charge in [-0.2, -0.15) is 9.97 Å². The molecule has 0 saturated carbocycles. The third-order valence-electron chi connectivity index (χ3n) is 4.02. The number of carboxylic acid groups (broad SMARTS) is 1. The molecule has 10 nitrogen and oxygen atoms in total. The van der Waals surface area contributed by atoms with E-state index in [0.717, 1.165) is 12.8 Å². The van der Waals surface area contributed by atoms with Crippen molar-refractivity contribution in [3.05, 3.63) is 40.3 Å². The van der Waals surface area contributed by atoms with Crippen LogP contribution in [0.25, 0.3) is 11.2 Å². The summed E-state index contributed by atoms with van der Waals surface area (Å²) < 4.78 is 12.4. The predicted octanol–water partition coefficient (Wildman–Crippen LogP) is 1.66. The number of imidazole rings is 1. The van der Waals surface area contributed by atoms with Gasteiger partial charge in [-0.05, 0) is 24.6 Å². The van der Waals surface area contributed by atoms with Crippen LogP contribution in [0.2, 0.25) is 0 Å². The highest BCUT2D eigenvalue weighted by atomic mass is 16.5. The van der Waals surface area contributed by atoms with Crippen molar-refractivity contribution in [2.75, 3.05) is 18.9 Å². The number of carbonyl (C=O) groups is 1. The second-order valence-corrected chi connectivity index (χ2v) is 6.06. The number of H-pyrrole nitrogens is 1. The summed E-state index contributed by atoms with van der Waals surface area (Å²) >= 11 is 0. The highest BCUT2D eigenvalue weighted by Gasteiger charge is 2.14. The minimum absolute atomic E-state index is 0.112. The number of nitrogens with zero attached hydrogens (tertiary/aromatic N) is 3. The van der Waals surface area contributed by atoms with Crippen molar-refractivity contribution < 1.29 is 19.4 Å². The zero-order valence-corrected chi connectivity index (χ0v) is 15.3. The van der Waals surface area contributed by atoms with Gasteiger partial charge in [-0.1, -0.05) is 19.4 Å². The molecule has 0 aliphatic rings. The third-order valence-corrected chi connectivity index (χ3v) is 4.02. The van der Waals surface area contributed by atoms with Gasteiger partial charge in [0.1, 0.15) is 17.9 Å². The van der Waals surface area contributed by atoms with E-state index in [4.69, 9.17) is 20.3 Å². The Balaban J connectivity index is 1.76. The molecule has 0 bridgehead atoms. The van der Waals surface area contributed by atoms with Crippen molar-refractivity contribution in [1.29, 1.82) is 0 Å². The lowest BCUT2D eigenvalue weighted by Gasteiger charge is -2.08. The van der Waals surface area contributed by atoms with E-state index in [2.05, 4.69) is 15.0 Å². The zero-order chi connectivity index (χ0) is 20.1. The second kappa shape index (κ2) is 8.42. The summed E-state index contributed by atoms with van der Waals surface area (Å²) in [6, 6.07) is 6.23. The van der Waals surface area contributed by atoms with Crippen LogP contribution in [0, 0.1) is 0 Å². The molecule has 0 atom stereocenters. The van der Waals surface area contributed by atoms with Crippen LogP contribution >= 0.6 is 0 Å². The Morgan fingerprint density at radius 3 is 2.86 bits per heavy atom. The van der Waals surface area contributed by atoms with Crippen LogP contribution < -0.4 is 20.9 Å². The Kier molecular flexibility index (Phi) is 5.78. The van der Waals surface area contributed by atoms with Gasteiger partial charge in [-0.15, -0.1) is 0 Å². The van der Waals surface area contributed by atoms with E-state index in [0.29, 0.717) is 23.5 Å². The van der Waals surface area contributed by atoms with Gasteiger partial charge in [-0.3, -0.25) is 4.57 Å². The second-order valence-electron chi connectivity index (χ2n) is 6.06. The molecule has 0 aliphatic heterocycles. The van der Waals surface area contributed by atoms with Crippen molar-refractivity contribution in [2.45, 2.75) is 26.3 Å². The standard InChI is InChI=1S/C18H21N5O5/c1-2-3-8-28-17-21-14(19)13-15(22-17)23(18(26)20-13)7-9-27-12-6-4-5-11(10-12)16(24)25/h4-6,10H,2-3,7-9H2,1H3,(H,20,26)(H,24,25)(H2,19,21,22). The molecule has 2 aromatic heterocycles. The van der Waals surface area contributed by atoms with Gasteiger partial charge in [0.25, 0.3) is 0 Å². The van der Waals surface area contributed by atoms with Crippen molar-refractivity contribution in [1.82, 2.24) is 19.5 Å². The van der Waals surface area contributed by atoms with E-state index in [1.807, 2.05) is 6.92 Å². The van der Waals surface area contributed by atoms with E-state index in [1.165, 1.54) is 16.7 Å². The largest absolute Gasteiger partial charge is 0.492 e. The Labute approximate surface area is 159 Å². The number of hydrogen-bond donors (Lipinski definition) is 3.